The van der Waals surface area contributed by atoms with Crippen molar-refractivity contribution < 1.29 is 15.2 Å². The molecule has 0 bridgehead atoms. The molecule has 0 spiro atoms. The van der Waals surface area contributed by atoms with Gasteiger partial charge in [-0.3, -0.25) is 0 Å². The summed E-state index contributed by atoms with van der Waals surface area (Å²) >= 11 is 0. The largest absolute Gasteiger partial charge is 0.385 e. The van der Waals surface area contributed by atoms with E-state index in [0.717, 1.165) is 0 Å². The number of hydrogen-bond acceptors (Lipinski definition) is 2. The summed E-state index contributed by atoms with van der Waals surface area (Å²) in [7, 11) is 1.91. The molecule has 0 heterocycles. The van der Waals surface area contributed by atoms with Crippen LogP contribution in [0.3, 0.4) is 0 Å². The number of aliphatic hydroxyl groups is 1. The topological polar surface area (TPSA) is 46.1 Å². The van der Waals surface area contributed by atoms with Crippen molar-refractivity contribution in [3.05, 3.63) is 12.7 Å². The maximum absolute atomic E-state index is 9.09. The minimum Gasteiger partial charge on any atom is -0.385 e. The minimum absolute atomic E-state index is 0.357. The molecular formula is C7H16NO2+. The van der Waals surface area contributed by atoms with Crippen LogP contribution in [0.1, 0.15) is 0 Å². The van der Waals surface area contributed by atoms with Gasteiger partial charge in [0.05, 0.1) is 20.3 Å². The van der Waals surface area contributed by atoms with Crippen LogP contribution in [0.25, 0.3) is 0 Å². The van der Waals surface area contributed by atoms with Crippen molar-refractivity contribution in [2.24, 2.45) is 0 Å². The summed E-state index contributed by atoms with van der Waals surface area (Å²) in [5, 5.41) is 11.0. The quantitative estimate of drug-likeness (QED) is 0.363. The van der Waals surface area contributed by atoms with Gasteiger partial charge >= 0.3 is 0 Å². The van der Waals surface area contributed by atoms with Crippen LogP contribution in [0.4, 0.5) is 0 Å². The van der Waals surface area contributed by atoms with E-state index in [1.165, 1.54) is 0 Å². The molecule has 1 atom stereocenters. The molecule has 0 aromatic carbocycles. The summed E-state index contributed by atoms with van der Waals surface area (Å²) in [5.74, 6) is 0. The molecule has 3 N–H and O–H groups in total. The lowest BCUT2D eigenvalue weighted by Crippen LogP contribution is -2.82. The number of quaternary nitrogens is 1. The first-order valence-electron chi connectivity index (χ1n) is 3.45. The van der Waals surface area contributed by atoms with E-state index in [1.54, 1.807) is 6.08 Å². The molecule has 0 aliphatic carbocycles. The number of rotatable bonds is 6. The monoisotopic (exact) mass is 146 g/mol. The van der Waals surface area contributed by atoms with Gasteiger partial charge in [-0.25, -0.2) is 0 Å². The van der Waals surface area contributed by atoms with Gasteiger partial charge in [-0.2, -0.15) is 0 Å². The zero-order chi connectivity index (χ0) is 7.82. The Hall–Kier alpha value is -0.380. The Morgan fingerprint density at radius 1 is 1.80 bits per heavy atom. The average Bonchev–Trinajstić information content (AvgIpc) is 1.89. The number of hydrogen-bond donors (Lipinski definition) is 2. The second kappa shape index (κ2) is 6.74. The molecule has 0 radical (unpaired) electrons. The van der Waals surface area contributed by atoms with Crippen LogP contribution in [-0.2, 0) is 4.74 Å². The van der Waals surface area contributed by atoms with Gasteiger partial charge in [0.1, 0.15) is 12.6 Å². The molecule has 0 aromatic rings. The normalized spacial score (nSPS) is 13.0. The predicted molar refractivity (Wildman–Crippen MR) is 39.7 cm³/mol. The van der Waals surface area contributed by atoms with Crippen LogP contribution in [0.2, 0.25) is 0 Å². The second-order valence-corrected chi connectivity index (χ2v) is 2.12. The third kappa shape index (κ3) is 5.75. The standard InChI is InChI=1S/C7H15NO2/c1-3-4-10-6-7(9)5-8-2/h3,7-9H,1,4-6H2,2H3/p+1/t7-/m0/s1. The average molecular weight is 146 g/mol. The fraction of sp³-hybridized carbons (Fsp3) is 0.714. The SMILES string of the molecule is C=CCOC[C@@H](O)C[NH2+]C. The van der Waals surface area contributed by atoms with E-state index in [2.05, 4.69) is 6.58 Å². The van der Waals surface area contributed by atoms with E-state index in [-0.39, 0.29) is 6.10 Å². The molecule has 60 valence electrons. The van der Waals surface area contributed by atoms with E-state index in [1.807, 2.05) is 12.4 Å². The van der Waals surface area contributed by atoms with Crippen molar-refractivity contribution >= 4 is 0 Å². The lowest BCUT2D eigenvalue weighted by molar-refractivity contribution is -0.634. The Labute approximate surface area is 61.7 Å². The zero-order valence-corrected chi connectivity index (χ0v) is 6.42. The highest BCUT2D eigenvalue weighted by Gasteiger charge is 2.02. The fourth-order valence-electron chi connectivity index (χ4n) is 0.628. The number of ether oxygens (including phenoxy) is 1. The Balaban J connectivity index is 3.04. The molecule has 0 saturated carbocycles. The van der Waals surface area contributed by atoms with E-state index < -0.39 is 0 Å². The molecule has 0 aromatic heterocycles. The number of likely N-dealkylation sites (N-methyl/N-ethyl adjacent to an activating group) is 1. The summed E-state index contributed by atoms with van der Waals surface area (Å²) in [6, 6.07) is 0. The van der Waals surface area contributed by atoms with Crippen molar-refractivity contribution in [1.82, 2.24) is 0 Å². The van der Waals surface area contributed by atoms with E-state index in [0.29, 0.717) is 19.8 Å². The van der Waals surface area contributed by atoms with Crippen molar-refractivity contribution in [3.63, 3.8) is 0 Å². The summed E-state index contributed by atoms with van der Waals surface area (Å²) < 4.78 is 5.01. The van der Waals surface area contributed by atoms with Crippen molar-refractivity contribution in [2.75, 3.05) is 26.8 Å². The molecule has 0 saturated heterocycles. The lowest BCUT2D eigenvalue weighted by Gasteiger charge is -2.06. The van der Waals surface area contributed by atoms with Crippen LogP contribution in [-0.4, -0.2) is 38.0 Å². The van der Waals surface area contributed by atoms with Gasteiger partial charge in [0, 0.05) is 0 Å². The predicted octanol–water partition coefficient (Wildman–Crippen LogP) is -1.26. The first kappa shape index (κ1) is 9.62. The van der Waals surface area contributed by atoms with Crippen LogP contribution in [0, 0.1) is 0 Å². The maximum Gasteiger partial charge on any atom is 0.126 e. The molecule has 0 fully saturated rings. The maximum atomic E-state index is 9.09. The summed E-state index contributed by atoms with van der Waals surface area (Å²) in [6.45, 7) is 5.09. The lowest BCUT2D eigenvalue weighted by atomic mass is 10.4. The summed E-state index contributed by atoms with van der Waals surface area (Å²) in [6.07, 6.45) is 1.31. The van der Waals surface area contributed by atoms with Gasteiger partial charge in [-0.1, -0.05) is 6.08 Å². The highest BCUT2D eigenvalue weighted by Crippen LogP contribution is 1.80. The molecule has 0 aliphatic heterocycles. The highest BCUT2D eigenvalue weighted by atomic mass is 16.5. The van der Waals surface area contributed by atoms with Crippen molar-refractivity contribution in [2.45, 2.75) is 6.10 Å². The Morgan fingerprint density at radius 2 is 2.50 bits per heavy atom. The van der Waals surface area contributed by atoms with Crippen LogP contribution in [0.15, 0.2) is 12.7 Å². The molecule has 3 nitrogen and oxygen atoms in total. The third-order valence-corrected chi connectivity index (χ3v) is 1.05. The van der Waals surface area contributed by atoms with Crippen LogP contribution < -0.4 is 5.32 Å². The third-order valence-electron chi connectivity index (χ3n) is 1.05. The molecule has 0 unspecified atom stereocenters. The zero-order valence-electron chi connectivity index (χ0n) is 6.42. The minimum atomic E-state index is -0.357. The number of aliphatic hydroxyl groups excluding tert-OH is 1. The van der Waals surface area contributed by atoms with E-state index in [4.69, 9.17) is 9.84 Å². The van der Waals surface area contributed by atoms with Crippen LogP contribution in [0.5, 0.6) is 0 Å². The van der Waals surface area contributed by atoms with Crippen molar-refractivity contribution in [3.8, 4) is 0 Å². The van der Waals surface area contributed by atoms with Gasteiger partial charge in [0.25, 0.3) is 0 Å². The van der Waals surface area contributed by atoms with Gasteiger partial charge in [-0.15, -0.1) is 6.58 Å². The van der Waals surface area contributed by atoms with E-state index in [9.17, 15) is 0 Å². The first-order valence-corrected chi connectivity index (χ1v) is 3.45. The van der Waals surface area contributed by atoms with Crippen LogP contribution >= 0.6 is 0 Å². The van der Waals surface area contributed by atoms with Crippen molar-refractivity contribution in [1.29, 1.82) is 0 Å². The van der Waals surface area contributed by atoms with Gasteiger partial charge in [0.2, 0.25) is 0 Å². The molecular weight excluding hydrogens is 130 g/mol. The molecule has 0 aliphatic rings. The Morgan fingerprint density at radius 3 is 3.00 bits per heavy atom. The van der Waals surface area contributed by atoms with Gasteiger partial charge in [-0.05, 0) is 0 Å². The first-order chi connectivity index (χ1) is 4.81. The highest BCUT2D eigenvalue weighted by molar-refractivity contribution is 4.64. The molecule has 0 rings (SSSR count). The van der Waals surface area contributed by atoms with Gasteiger partial charge < -0.3 is 15.2 Å². The summed E-state index contributed by atoms with van der Waals surface area (Å²) in [5.41, 5.74) is 0. The van der Waals surface area contributed by atoms with E-state index >= 15 is 0 Å². The molecule has 3 heteroatoms. The van der Waals surface area contributed by atoms with Gasteiger partial charge in [0.15, 0.2) is 0 Å². The smallest absolute Gasteiger partial charge is 0.126 e. The second-order valence-electron chi connectivity index (χ2n) is 2.12. The molecule has 0 amide bonds. The summed E-state index contributed by atoms with van der Waals surface area (Å²) in [4.78, 5) is 0. The Bertz CT molecular complexity index is 85.7. The number of nitrogens with two attached hydrogens (primary N) is 1. The molecule has 10 heavy (non-hydrogen) atoms. The Kier molecular flexibility index (Phi) is 6.48. The fourth-order valence-corrected chi connectivity index (χ4v) is 0.628.